The molecule has 0 saturated heterocycles. The molecule has 2 rings (SSSR count). The average Bonchev–Trinajstić information content (AvgIpc) is 2.43. The number of nitrogens with two attached hydrogens (primary N) is 1. The minimum atomic E-state index is -0.150. The molecule has 1 aromatic heterocycles. The van der Waals surface area contributed by atoms with E-state index in [9.17, 15) is 4.79 Å². The van der Waals surface area contributed by atoms with Gasteiger partial charge in [0.2, 0.25) is 0 Å². The summed E-state index contributed by atoms with van der Waals surface area (Å²) in [7, 11) is 0. The number of ether oxygens (including phenoxy) is 1. The second-order valence-corrected chi connectivity index (χ2v) is 4.35. The predicted molar refractivity (Wildman–Crippen MR) is 77.9 cm³/mol. The highest BCUT2D eigenvalue weighted by molar-refractivity contribution is 5.95. The van der Waals surface area contributed by atoms with Crippen LogP contribution in [0.15, 0.2) is 36.5 Å². The number of carbonyl (C=O) groups excluding carboxylic acids is 1. The van der Waals surface area contributed by atoms with Gasteiger partial charge in [-0.05, 0) is 44.2 Å². The van der Waals surface area contributed by atoms with E-state index in [1.807, 2.05) is 26.0 Å². The molecule has 0 aliphatic heterocycles. The summed E-state index contributed by atoms with van der Waals surface area (Å²) in [6.07, 6.45) is 1.63. The Kier molecular flexibility index (Phi) is 4.20. The van der Waals surface area contributed by atoms with Crippen LogP contribution in [0, 0.1) is 6.92 Å². The van der Waals surface area contributed by atoms with Gasteiger partial charge in [-0.3, -0.25) is 9.78 Å². The maximum Gasteiger partial charge on any atom is 0.251 e. The molecular formula is C15H17N3O2. The van der Waals surface area contributed by atoms with Crippen molar-refractivity contribution in [3.05, 3.63) is 47.8 Å². The van der Waals surface area contributed by atoms with E-state index < -0.39 is 0 Å². The minimum Gasteiger partial charge on any atom is -0.454 e. The number of pyridine rings is 1. The Morgan fingerprint density at radius 2 is 2.15 bits per heavy atom. The second-order valence-electron chi connectivity index (χ2n) is 4.35. The van der Waals surface area contributed by atoms with Crippen molar-refractivity contribution >= 4 is 11.6 Å². The van der Waals surface area contributed by atoms with Crippen LogP contribution in [0.1, 0.15) is 23.0 Å². The van der Waals surface area contributed by atoms with Gasteiger partial charge in [0, 0.05) is 17.8 Å². The summed E-state index contributed by atoms with van der Waals surface area (Å²) in [6.45, 7) is 4.34. The number of aromatic nitrogens is 1. The highest BCUT2D eigenvalue weighted by atomic mass is 16.5. The molecule has 20 heavy (non-hydrogen) atoms. The van der Waals surface area contributed by atoms with E-state index in [0.717, 1.165) is 5.69 Å². The molecule has 0 radical (unpaired) electrons. The Hall–Kier alpha value is -2.56. The van der Waals surface area contributed by atoms with Crippen molar-refractivity contribution < 1.29 is 9.53 Å². The van der Waals surface area contributed by atoms with Gasteiger partial charge in [-0.25, -0.2) is 0 Å². The summed E-state index contributed by atoms with van der Waals surface area (Å²) in [4.78, 5) is 15.8. The SMILES string of the molecule is CCNC(=O)c1ccc(Oc2ccc(C)nc2)c(N)c1. The number of aryl methyl sites for hydroxylation is 1. The maximum absolute atomic E-state index is 11.7. The number of amides is 1. The molecule has 0 aliphatic carbocycles. The van der Waals surface area contributed by atoms with Gasteiger partial charge in [-0.1, -0.05) is 0 Å². The van der Waals surface area contributed by atoms with Crippen molar-refractivity contribution in [1.82, 2.24) is 10.3 Å². The van der Waals surface area contributed by atoms with Gasteiger partial charge in [-0.15, -0.1) is 0 Å². The lowest BCUT2D eigenvalue weighted by Crippen LogP contribution is -2.22. The second kappa shape index (κ2) is 6.06. The fraction of sp³-hybridized carbons (Fsp3) is 0.200. The van der Waals surface area contributed by atoms with E-state index >= 15 is 0 Å². The predicted octanol–water partition coefficient (Wildman–Crippen LogP) is 2.51. The molecule has 1 heterocycles. The van der Waals surface area contributed by atoms with Crippen LogP contribution < -0.4 is 15.8 Å². The molecule has 1 aromatic carbocycles. The van der Waals surface area contributed by atoms with Crippen molar-refractivity contribution in [3.8, 4) is 11.5 Å². The summed E-state index contributed by atoms with van der Waals surface area (Å²) >= 11 is 0. The van der Waals surface area contributed by atoms with E-state index in [1.54, 1.807) is 24.4 Å². The Bertz CT molecular complexity index is 609. The molecule has 0 fully saturated rings. The van der Waals surface area contributed by atoms with Crippen LogP contribution in [-0.4, -0.2) is 17.4 Å². The van der Waals surface area contributed by atoms with Crippen molar-refractivity contribution in [3.63, 3.8) is 0 Å². The van der Waals surface area contributed by atoms with E-state index in [4.69, 9.17) is 10.5 Å². The third kappa shape index (κ3) is 3.26. The van der Waals surface area contributed by atoms with Gasteiger partial charge >= 0.3 is 0 Å². The smallest absolute Gasteiger partial charge is 0.251 e. The van der Waals surface area contributed by atoms with E-state index in [2.05, 4.69) is 10.3 Å². The van der Waals surface area contributed by atoms with Crippen molar-refractivity contribution in [2.24, 2.45) is 0 Å². The van der Waals surface area contributed by atoms with Gasteiger partial charge in [0.15, 0.2) is 0 Å². The van der Waals surface area contributed by atoms with Crippen LogP contribution >= 0.6 is 0 Å². The first-order chi connectivity index (χ1) is 9.60. The van der Waals surface area contributed by atoms with Crippen LogP contribution in [0.5, 0.6) is 11.5 Å². The van der Waals surface area contributed by atoms with Crippen LogP contribution in [0.2, 0.25) is 0 Å². The maximum atomic E-state index is 11.7. The van der Waals surface area contributed by atoms with Crippen molar-refractivity contribution in [1.29, 1.82) is 0 Å². The van der Waals surface area contributed by atoms with Crippen LogP contribution in [0.25, 0.3) is 0 Å². The molecule has 0 atom stereocenters. The molecule has 0 spiro atoms. The fourth-order valence-electron chi connectivity index (χ4n) is 1.69. The van der Waals surface area contributed by atoms with Gasteiger partial charge in [0.05, 0.1) is 11.9 Å². The standard InChI is InChI=1S/C15H17N3O2/c1-3-17-15(19)11-5-7-14(13(16)8-11)20-12-6-4-10(2)18-9-12/h4-9H,3,16H2,1-2H3,(H,17,19). The number of nitrogens with zero attached hydrogens (tertiary/aromatic N) is 1. The van der Waals surface area contributed by atoms with Crippen LogP contribution in [-0.2, 0) is 0 Å². The molecule has 0 bridgehead atoms. The molecule has 3 N–H and O–H groups in total. The van der Waals surface area contributed by atoms with Gasteiger partial charge in [0.25, 0.3) is 5.91 Å². The molecule has 5 heteroatoms. The number of hydrogen-bond acceptors (Lipinski definition) is 4. The van der Waals surface area contributed by atoms with Crippen molar-refractivity contribution in [2.75, 3.05) is 12.3 Å². The number of benzene rings is 1. The summed E-state index contributed by atoms with van der Waals surface area (Å²) in [5, 5.41) is 2.72. The van der Waals surface area contributed by atoms with Gasteiger partial charge in [0.1, 0.15) is 11.5 Å². The van der Waals surface area contributed by atoms with Gasteiger partial charge in [-0.2, -0.15) is 0 Å². The normalized spacial score (nSPS) is 10.1. The highest BCUT2D eigenvalue weighted by Gasteiger charge is 2.08. The molecule has 1 amide bonds. The molecule has 0 saturated carbocycles. The highest BCUT2D eigenvalue weighted by Crippen LogP contribution is 2.27. The average molecular weight is 271 g/mol. The Balaban J connectivity index is 2.17. The zero-order valence-corrected chi connectivity index (χ0v) is 11.5. The van der Waals surface area contributed by atoms with Gasteiger partial charge < -0.3 is 15.8 Å². The summed E-state index contributed by atoms with van der Waals surface area (Å²) in [5.74, 6) is 0.958. The number of nitrogens with one attached hydrogen (secondary N) is 1. The van der Waals surface area contributed by atoms with Crippen molar-refractivity contribution in [2.45, 2.75) is 13.8 Å². The Morgan fingerprint density at radius 1 is 1.35 bits per heavy atom. The lowest BCUT2D eigenvalue weighted by atomic mass is 10.1. The molecule has 104 valence electrons. The van der Waals surface area contributed by atoms with Crippen LogP contribution in [0.3, 0.4) is 0 Å². The first-order valence-corrected chi connectivity index (χ1v) is 6.38. The van der Waals surface area contributed by atoms with E-state index in [0.29, 0.717) is 29.3 Å². The molecule has 5 nitrogen and oxygen atoms in total. The third-order valence-corrected chi connectivity index (χ3v) is 2.72. The Labute approximate surface area is 117 Å². The zero-order valence-electron chi connectivity index (χ0n) is 11.5. The fourth-order valence-corrected chi connectivity index (χ4v) is 1.69. The first-order valence-electron chi connectivity index (χ1n) is 6.38. The Morgan fingerprint density at radius 3 is 2.75 bits per heavy atom. The number of carbonyl (C=O) groups is 1. The molecule has 0 unspecified atom stereocenters. The lowest BCUT2D eigenvalue weighted by Gasteiger charge is -2.10. The zero-order chi connectivity index (χ0) is 14.5. The minimum absolute atomic E-state index is 0.150. The quantitative estimate of drug-likeness (QED) is 0.838. The summed E-state index contributed by atoms with van der Waals surface area (Å²) in [6, 6.07) is 8.63. The summed E-state index contributed by atoms with van der Waals surface area (Å²) in [5.41, 5.74) is 7.75. The van der Waals surface area contributed by atoms with Crippen LogP contribution in [0.4, 0.5) is 5.69 Å². The summed E-state index contributed by atoms with van der Waals surface area (Å²) < 4.78 is 5.64. The monoisotopic (exact) mass is 271 g/mol. The third-order valence-electron chi connectivity index (χ3n) is 2.72. The van der Waals surface area contributed by atoms with E-state index in [1.165, 1.54) is 0 Å². The van der Waals surface area contributed by atoms with E-state index in [-0.39, 0.29) is 5.91 Å². The number of nitrogen functional groups attached to an aromatic ring is 1. The largest absolute Gasteiger partial charge is 0.454 e. The number of rotatable bonds is 4. The number of hydrogen-bond donors (Lipinski definition) is 2. The molecule has 2 aromatic rings. The lowest BCUT2D eigenvalue weighted by molar-refractivity contribution is 0.0956. The molecule has 0 aliphatic rings. The topological polar surface area (TPSA) is 77.2 Å². The first kappa shape index (κ1) is 13.9. The molecular weight excluding hydrogens is 254 g/mol. The number of anilines is 1.